The fraction of sp³-hybridized carbons (Fsp3) is 0.571. The molecule has 0 radical (unpaired) electrons. The number of likely N-dealkylation sites (tertiary alicyclic amines) is 1. The van der Waals surface area contributed by atoms with Crippen molar-refractivity contribution < 1.29 is 4.74 Å². The maximum atomic E-state index is 5.94. The number of rotatable bonds is 5. The number of hydrogen-bond donors (Lipinski definition) is 1. The number of ether oxygens (including phenoxy) is 1. The molecule has 0 bridgehead atoms. The van der Waals surface area contributed by atoms with E-state index in [2.05, 4.69) is 10.2 Å². The van der Waals surface area contributed by atoms with E-state index in [4.69, 9.17) is 16.3 Å². The number of halogens is 1. The van der Waals surface area contributed by atoms with Gasteiger partial charge in [-0.3, -0.25) is 4.90 Å². The quantitative estimate of drug-likeness (QED) is 0.889. The lowest BCUT2D eigenvalue weighted by molar-refractivity contribution is 0.0329. The molecule has 0 aromatic heterocycles. The molecule has 1 aliphatic heterocycles. The van der Waals surface area contributed by atoms with Crippen molar-refractivity contribution in [3.63, 3.8) is 0 Å². The van der Waals surface area contributed by atoms with E-state index in [0.717, 1.165) is 30.3 Å². The van der Waals surface area contributed by atoms with Crippen LogP contribution in [0.3, 0.4) is 0 Å². The average Bonchev–Trinajstić information content (AvgIpc) is 2.39. The van der Waals surface area contributed by atoms with Crippen LogP contribution in [0.25, 0.3) is 0 Å². The van der Waals surface area contributed by atoms with Crippen LogP contribution in [0.5, 0.6) is 0 Å². The molecule has 0 spiro atoms. The van der Waals surface area contributed by atoms with Crippen molar-refractivity contribution in [2.45, 2.75) is 18.9 Å². The summed E-state index contributed by atoms with van der Waals surface area (Å²) in [5.74, 6) is 0. The molecular formula is C14H21ClN2O. The van der Waals surface area contributed by atoms with Crippen molar-refractivity contribution in [1.82, 2.24) is 4.90 Å². The summed E-state index contributed by atoms with van der Waals surface area (Å²) in [6.07, 6.45) is 2.83. The standard InChI is InChI=1S/C14H21ClN2O/c1-18-14-6-3-8-17(11-14)9-7-16-13-5-2-4-12(15)10-13/h2,4-5,10,14,16H,3,6-9,11H2,1H3. The maximum absolute atomic E-state index is 5.94. The fourth-order valence-corrected chi connectivity index (χ4v) is 2.56. The maximum Gasteiger partial charge on any atom is 0.0698 e. The summed E-state index contributed by atoms with van der Waals surface area (Å²) in [5, 5.41) is 4.17. The molecule has 1 heterocycles. The van der Waals surface area contributed by atoms with Crippen LogP contribution >= 0.6 is 11.6 Å². The summed E-state index contributed by atoms with van der Waals surface area (Å²) < 4.78 is 5.42. The van der Waals surface area contributed by atoms with E-state index in [0.29, 0.717) is 6.10 Å². The lowest BCUT2D eigenvalue weighted by atomic mass is 10.1. The molecule has 4 heteroatoms. The molecule has 2 rings (SSSR count). The Balaban J connectivity index is 1.72. The third-order valence-electron chi connectivity index (χ3n) is 3.38. The molecule has 1 aromatic carbocycles. The van der Waals surface area contributed by atoms with E-state index in [1.165, 1.54) is 19.4 Å². The number of hydrogen-bond acceptors (Lipinski definition) is 3. The predicted octanol–water partition coefficient (Wildman–Crippen LogP) is 2.86. The highest BCUT2D eigenvalue weighted by atomic mass is 35.5. The van der Waals surface area contributed by atoms with Crippen molar-refractivity contribution in [2.24, 2.45) is 0 Å². The van der Waals surface area contributed by atoms with E-state index < -0.39 is 0 Å². The van der Waals surface area contributed by atoms with Gasteiger partial charge in [0.25, 0.3) is 0 Å². The van der Waals surface area contributed by atoms with Gasteiger partial charge in [0.2, 0.25) is 0 Å². The van der Waals surface area contributed by atoms with Crippen LogP contribution < -0.4 is 5.32 Å². The highest BCUT2D eigenvalue weighted by molar-refractivity contribution is 6.30. The molecular weight excluding hydrogens is 248 g/mol. The molecule has 0 aliphatic carbocycles. The molecule has 1 fully saturated rings. The summed E-state index contributed by atoms with van der Waals surface area (Å²) in [7, 11) is 1.80. The lowest BCUT2D eigenvalue weighted by Crippen LogP contribution is -2.41. The van der Waals surface area contributed by atoms with Crippen LogP contribution in [-0.2, 0) is 4.74 Å². The lowest BCUT2D eigenvalue weighted by Gasteiger charge is -2.31. The zero-order chi connectivity index (χ0) is 12.8. The van der Waals surface area contributed by atoms with Gasteiger partial charge in [-0.15, -0.1) is 0 Å². The van der Waals surface area contributed by atoms with Gasteiger partial charge in [0, 0.05) is 37.5 Å². The summed E-state index contributed by atoms with van der Waals surface area (Å²) in [6.45, 7) is 4.22. The van der Waals surface area contributed by atoms with E-state index in [-0.39, 0.29) is 0 Å². The third-order valence-corrected chi connectivity index (χ3v) is 3.61. The van der Waals surface area contributed by atoms with Crippen molar-refractivity contribution in [1.29, 1.82) is 0 Å². The normalized spacial score (nSPS) is 20.9. The minimum Gasteiger partial charge on any atom is -0.384 e. The van der Waals surface area contributed by atoms with E-state index in [1.807, 2.05) is 24.3 Å². The van der Waals surface area contributed by atoms with Gasteiger partial charge < -0.3 is 10.1 Å². The van der Waals surface area contributed by atoms with E-state index >= 15 is 0 Å². The topological polar surface area (TPSA) is 24.5 Å². The summed E-state index contributed by atoms with van der Waals surface area (Å²) >= 11 is 5.94. The first-order chi connectivity index (χ1) is 8.78. The monoisotopic (exact) mass is 268 g/mol. The molecule has 18 heavy (non-hydrogen) atoms. The van der Waals surface area contributed by atoms with E-state index in [1.54, 1.807) is 7.11 Å². The molecule has 1 aromatic rings. The van der Waals surface area contributed by atoms with Gasteiger partial charge in [-0.1, -0.05) is 17.7 Å². The SMILES string of the molecule is COC1CCCN(CCNc2cccc(Cl)c2)C1. The Kier molecular flexibility index (Phi) is 5.29. The van der Waals surface area contributed by atoms with Crippen molar-refractivity contribution >= 4 is 17.3 Å². The minimum absolute atomic E-state index is 0.407. The van der Waals surface area contributed by atoms with Crippen LogP contribution in [0.1, 0.15) is 12.8 Å². The Morgan fingerprint density at radius 3 is 3.17 bits per heavy atom. The van der Waals surface area contributed by atoms with Gasteiger partial charge in [0.05, 0.1) is 6.10 Å². The number of piperidine rings is 1. The van der Waals surface area contributed by atoms with Gasteiger partial charge in [-0.2, -0.15) is 0 Å². The summed E-state index contributed by atoms with van der Waals surface area (Å²) in [5.41, 5.74) is 1.09. The van der Waals surface area contributed by atoms with Gasteiger partial charge >= 0.3 is 0 Å². The molecule has 0 amide bonds. The molecule has 3 nitrogen and oxygen atoms in total. The smallest absolute Gasteiger partial charge is 0.0698 e. The second-order valence-electron chi connectivity index (χ2n) is 4.74. The Morgan fingerprint density at radius 2 is 2.39 bits per heavy atom. The van der Waals surface area contributed by atoms with Crippen LogP contribution in [-0.4, -0.2) is 44.3 Å². The zero-order valence-corrected chi connectivity index (χ0v) is 11.6. The summed E-state index contributed by atoms with van der Waals surface area (Å²) in [6, 6.07) is 7.85. The first kappa shape index (κ1) is 13.7. The predicted molar refractivity (Wildman–Crippen MR) is 76.4 cm³/mol. The molecule has 0 saturated carbocycles. The molecule has 1 unspecified atom stereocenters. The highest BCUT2D eigenvalue weighted by Gasteiger charge is 2.18. The zero-order valence-electron chi connectivity index (χ0n) is 10.9. The largest absolute Gasteiger partial charge is 0.384 e. The number of anilines is 1. The molecule has 100 valence electrons. The Labute approximate surface area is 114 Å². The number of methoxy groups -OCH3 is 1. The fourth-order valence-electron chi connectivity index (χ4n) is 2.37. The molecule has 1 aliphatic rings. The van der Waals surface area contributed by atoms with Gasteiger partial charge in [0.15, 0.2) is 0 Å². The van der Waals surface area contributed by atoms with Crippen molar-refractivity contribution in [3.8, 4) is 0 Å². The first-order valence-corrected chi connectivity index (χ1v) is 6.90. The van der Waals surface area contributed by atoms with Crippen LogP contribution in [0.15, 0.2) is 24.3 Å². The average molecular weight is 269 g/mol. The van der Waals surface area contributed by atoms with E-state index in [9.17, 15) is 0 Å². The number of nitrogens with zero attached hydrogens (tertiary/aromatic N) is 1. The molecule has 1 saturated heterocycles. The molecule has 1 atom stereocenters. The first-order valence-electron chi connectivity index (χ1n) is 6.52. The summed E-state index contributed by atoms with van der Waals surface area (Å²) in [4.78, 5) is 2.45. The third kappa shape index (κ3) is 4.16. The van der Waals surface area contributed by atoms with Gasteiger partial charge in [-0.05, 0) is 37.6 Å². The highest BCUT2D eigenvalue weighted by Crippen LogP contribution is 2.15. The molecule has 1 N–H and O–H groups in total. The number of nitrogens with one attached hydrogen (secondary N) is 1. The second kappa shape index (κ2) is 6.98. The van der Waals surface area contributed by atoms with Gasteiger partial charge in [0.1, 0.15) is 0 Å². The number of benzene rings is 1. The van der Waals surface area contributed by atoms with Crippen molar-refractivity contribution in [2.75, 3.05) is 38.6 Å². The van der Waals surface area contributed by atoms with Crippen LogP contribution in [0.2, 0.25) is 5.02 Å². The minimum atomic E-state index is 0.407. The Bertz CT molecular complexity index is 373. The van der Waals surface area contributed by atoms with Crippen LogP contribution in [0.4, 0.5) is 5.69 Å². The Morgan fingerprint density at radius 1 is 1.50 bits per heavy atom. The van der Waals surface area contributed by atoms with Crippen molar-refractivity contribution in [3.05, 3.63) is 29.3 Å². The second-order valence-corrected chi connectivity index (χ2v) is 5.17. The van der Waals surface area contributed by atoms with Crippen LogP contribution in [0, 0.1) is 0 Å². The Hall–Kier alpha value is -0.770. The van der Waals surface area contributed by atoms with Gasteiger partial charge in [-0.25, -0.2) is 0 Å².